The number of carboxylic acid groups (broad SMARTS) is 1. The van der Waals surface area contributed by atoms with E-state index in [-0.39, 0.29) is 22.7 Å². The smallest absolute Gasteiger partial charge is 0.307 e. The highest BCUT2D eigenvalue weighted by molar-refractivity contribution is 5.78. The number of carboxylic acids is 1. The number of aliphatic carboxylic acids is 1. The van der Waals surface area contributed by atoms with Gasteiger partial charge in [0.1, 0.15) is 0 Å². The predicted molar refractivity (Wildman–Crippen MR) is 91.2 cm³/mol. The topological polar surface area (TPSA) is 66.4 Å². The minimum atomic E-state index is -0.586. The Morgan fingerprint density at radius 1 is 1.12 bits per heavy atom. The van der Waals surface area contributed by atoms with Crippen LogP contribution in [0.4, 0.5) is 0 Å². The van der Waals surface area contributed by atoms with Gasteiger partial charge in [0, 0.05) is 12.5 Å². The molecule has 2 unspecified atom stereocenters. The summed E-state index contributed by atoms with van der Waals surface area (Å²) in [4.78, 5) is 23.8. The molecule has 0 bridgehead atoms. The lowest BCUT2D eigenvalue weighted by Gasteiger charge is -2.62. The number of hydrogen-bond donors (Lipinski definition) is 2. The number of carbonyl (C=O) groups excluding carboxylic acids is 1. The summed E-state index contributed by atoms with van der Waals surface area (Å²) in [7, 11) is 0. The standard InChI is InChI=1S/C20H31NO3/c1-11-10-17(22)21-16-7-4-12-13-5-6-15(18(23)24)19(13,2)9-8-14(12)20(11,16)3/h11-16H,4-10H2,1-3H3,(H,21,22)(H,23,24)/t11?,12-,13-,14-,15?,16+,19-,20+/m0/s1. The molecule has 4 aliphatic rings. The maximum absolute atomic E-state index is 12.0. The third-order valence-corrected chi connectivity index (χ3v) is 8.96. The van der Waals surface area contributed by atoms with Gasteiger partial charge in [-0.2, -0.15) is 0 Å². The monoisotopic (exact) mass is 333 g/mol. The summed E-state index contributed by atoms with van der Waals surface area (Å²) < 4.78 is 0. The molecule has 4 fully saturated rings. The quantitative estimate of drug-likeness (QED) is 0.772. The van der Waals surface area contributed by atoms with Crippen LogP contribution in [0.25, 0.3) is 0 Å². The van der Waals surface area contributed by atoms with Crippen LogP contribution in [0.3, 0.4) is 0 Å². The van der Waals surface area contributed by atoms with Gasteiger partial charge < -0.3 is 10.4 Å². The Hall–Kier alpha value is -1.06. The van der Waals surface area contributed by atoms with E-state index >= 15 is 0 Å². The minimum Gasteiger partial charge on any atom is -0.481 e. The third-order valence-electron chi connectivity index (χ3n) is 8.96. The fourth-order valence-corrected chi connectivity index (χ4v) is 7.48. The molecule has 1 saturated heterocycles. The zero-order valence-electron chi connectivity index (χ0n) is 15.2. The molecule has 8 atom stereocenters. The zero-order chi connectivity index (χ0) is 17.3. The van der Waals surface area contributed by atoms with E-state index in [4.69, 9.17) is 0 Å². The number of piperidine rings is 1. The Bertz CT molecular complexity index is 575. The van der Waals surface area contributed by atoms with Crippen molar-refractivity contribution in [1.29, 1.82) is 0 Å². The first-order valence-electron chi connectivity index (χ1n) is 9.80. The van der Waals surface area contributed by atoms with E-state index < -0.39 is 5.97 Å². The van der Waals surface area contributed by atoms with Crippen LogP contribution in [0.5, 0.6) is 0 Å². The van der Waals surface area contributed by atoms with E-state index in [0.717, 1.165) is 38.5 Å². The van der Waals surface area contributed by atoms with Gasteiger partial charge in [0.15, 0.2) is 0 Å². The zero-order valence-corrected chi connectivity index (χ0v) is 15.2. The summed E-state index contributed by atoms with van der Waals surface area (Å²) >= 11 is 0. The Labute approximate surface area is 144 Å². The Morgan fingerprint density at radius 2 is 1.88 bits per heavy atom. The second kappa shape index (κ2) is 5.22. The van der Waals surface area contributed by atoms with Gasteiger partial charge in [0.25, 0.3) is 0 Å². The van der Waals surface area contributed by atoms with E-state index in [1.807, 2.05) is 0 Å². The molecule has 1 heterocycles. The molecule has 0 aromatic rings. The number of fused-ring (bicyclic) bond motifs is 5. The molecule has 4 heteroatoms. The van der Waals surface area contributed by atoms with Crippen molar-refractivity contribution in [3.05, 3.63) is 0 Å². The summed E-state index contributed by atoms with van der Waals surface area (Å²) in [5.74, 6) is 1.74. The number of hydrogen-bond acceptors (Lipinski definition) is 2. The summed E-state index contributed by atoms with van der Waals surface area (Å²) in [5, 5.41) is 13.0. The van der Waals surface area contributed by atoms with Crippen LogP contribution in [0.2, 0.25) is 0 Å². The molecule has 4 nitrogen and oxygen atoms in total. The van der Waals surface area contributed by atoms with E-state index in [9.17, 15) is 14.7 Å². The fourth-order valence-electron chi connectivity index (χ4n) is 7.48. The second-order valence-electron chi connectivity index (χ2n) is 9.56. The van der Waals surface area contributed by atoms with E-state index in [0.29, 0.717) is 36.1 Å². The van der Waals surface area contributed by atoms with Crippen LogP contribution in [0.1, 0.15) is 65.7 Å². The number of rotatable bonds is 1. The Morgan fingerprint density at radius 3 is 2.58 bits per heavy atom. The summed E-state index contributed by atoms with van der Waals surface area (Å²) in [6, 6.07) is 0.316. The summed E-state index contributed by atoms with van der Waals surface area (Å²) in [6.07, 6.45) is 6.98. The molecule has 1 amide bonds. The van der Waals surface area contributed by atoms with Crippen molar-refractivity contribution in [3.63, 3.8) is 0 Å². The molecule has 3 saturated carbocycles. The van der Waals surface area contributed by atoms with Crippen molar-refractivity contribution >= 4 is 11.9 Å². The summed E-state index contributed by atoms with van der Waals surface area (Å²) in [6.45, 7) is 6.92. The normalized spacial score (nSPS) is 53.5. The molecule has 0 radical (unpaired) electrons. The van der Waals surface area contributed by atoms with Gasteiger partial charge in [-0.05, 0) is 73.0 Å². The van der Waals surface area contributed by atoms with Crippen molar-refractivity contribution in [1.82, 2.24) is 5.32 Å². The van der Waals surface area contributed by atoms with Gasteiger partial charge in [0.05, 0.1) is 5.92 Å². The van der Waals surface area contributed by atoms with Crippen LogP contribution >= 0.6 is 0 Å². The molecule has 134 valence electrons. The average Bonchev–Trinajstić information content (AvgIpc) is 2.86. The van der Waals surface area contributed by atoms with Crippen molar-refractivity contribution in [2.24, 2.45) is 40.4 Å². The first-order valence-corrected chi connectivity index (χ1v) is 9.80. The van der Waals surface area contributed by atoms with Crippen LogP contribution in [0.15, 0.2) is 0 Å². The maximum atomic E-state index is 12.0. The predicted octanol–water partition coefficient (Wildman–Crippen LogP) is 3.45. The molecule has 2 N–H and O–H groups in total. The van der Waals surface area contributed by atoms with Crippen molar-refractivity contribution in [2.45, 2.75) is 71.8 Å². The van der Waals surface area contributed by atoms with Crippen molar-refractivity contribution in [3.8, 4) is 0 Å². The van der Waals surface area contributed by atoms with E-state index in [1.54, 1.807) is 0 Å². The lowest BCUT2D eigenvalue weighted by atomic mass is 9.45. The molecule has 24 heavy (non-hydrogen) atoms. The SMILES string of the molecule is CC1CC(=O)N[C@@H]2CC[C@@H]3[C@H](CC[C@]4(C)C(C(=O)O)CC[C@@H]34)[C@@]12C. The van der Waals surface area contributed by atoms with Gasteiger partial charge in [-0.3, -0.25) is 9.59 Å². The highest BCUT2D eigenvalue weighted by Crippen LogP contribution is 2.66. The molecule has 0 aromatic heterocycles. The largest absolute Gasteiger partial charge is 0.481 e. The molecule has 3 aliphatic carbocycles. The van der Waals surface area contributed by atoms with Crippen molar-refractivity contribution in [2.75, 3.05) is 0 Å². The van der Waals surface area contributed by atoms with Crippen LogP contribution in [-0.4, -0.2) is 23.0 Å². The van der Waals surface area contributed by atoms with E-state index in [1.165, 1.54) is 0 Å². The molecule has 4 rings (SSSR count). The molecular weight excluding hydrogens is 302 g/mol. The first kappa shape index (κ1) is 16.4. The molecule has 0 spiro atoms. The van der Waals surface area contributed by atoms with Crippen LogP contribution in [0, 0.1) is 40.4 Å². The number of nitrogens with one attached hydrogen (secondary N) is 1. The fraction of sp³-hybridized carbons (Fsp3) is 0.900. The number of carbonyl (C=O) groups is 2. The lowest BCUT2D eigenvalue weighted by molar-refractivity contribution is -0.156. The molecule has 0 aromatic carbocycles. The van der Waals surface area contributed by atoms with Gasteiger partial charge in [-0.25, -0.2) is 0 Å². The molecule has 1 aliphatic heterocycles. The van der Waals surface area contributed by atoms with E-state index in [2.05, 4.69) is 26.1 Å². The van der Waals surface area contributed by atoms with Gasteiger partial charge in [0.2, 0.25) is 5.91 Å². The highest BCUT2D eigenvalue weighted by Gasteiger charge is 2.62. The van der Waals surface area contributed by atoms with Gasteiger partial charge in [-0.15, -0.1) is 0 Å². The van der Waals surface area contributed by atoms with Gasteiger partial charge >= 0.3 is 5.97 Å². The Kier molecular flexibility index (Phi) is 3.57. The second-order valence-corrected chi connectivity index (χ2v) is 9.56. The first-order chi connectivity index (χ1) is 11.3. The lowest BCUT2D eigenvalue weighted by Crippen LogP contribution is -2.64. The third kappa shape index (κ3) is 1.97. The highest BCUT2D eigenvalue weighted by atomic mass is 16.4. The van der Waals surface area contributed by atoms with Crippen molar-refractivity contribution < 1.29 is 14.7 Å². The minimum absolute atomic E-state index is 0.0165. The number of amides is 1. The average molecular weight is 333 g/mol. The van der Waals surface area contributed by atoms with Gasteiger partial charge in [-0.1, -0.05) is 20.8 Å². The molecular formula is C20H31NO3. The van der Waals surface area contributed by atoms with Crippen LogP contribution in [-0.2, 0) is 9.59 Å². The Balaban J connectivity index is 1.66. The maximum Gasteiger partial charge on any atom is 0.307 e. The van der Waals surface area contributed by atoms with Crippen LogP contribution < -0.4 is 5.32 Å². The summed E-state index contributed by atoms with van der Waals surface area (Å²) in [5.41, 5.74) is 0.164.